The summed E-state index contributed by atoms with van der Waals surface area (Å²) in [7, 11) is 0. The van der Waals surface area contributed by atoms with E-state index in [0.717, 1.165) is 30.0 Å². The van der Waals surface area contributed by atoms with Gasteiger partial charge in [-0.3, -0.25) is 9.69 Å². The summed E-state index contributed by atoms with van der Waals surface area (Å²) in [4.78, 5) is 21.8. The van der Waals surface area contributed by atoms with E-state index in [9.17, 15) is 4.79 Å². The highest BCUT2D eigenvalue weighted by Crippen LogP contribution is 2.30. The van der Waals surface area contributed by atoms with Gasteiger partial charge in [0, 0.05) is 61.8 Å². The summed E-state index contributed by atoms with van der Waals surface area (Å²) in [6, 6.07) is 15.8. The standard InChI is InChI=1S/C25H28N4O4S/c30-24(29-10-14-32-15-11-29)20-6-7-22(21(17-20)18-28-8-12-31-13-9-28)33-25-26-23(27-34-25)16-19-4-2-1-3-5-19/h1-7,17H,8-16,18H2. The van der Waals surface area contributed by atoms with Crippen LogP contribution in [0.2, 0.25) is 0 Å². The Labute approximate surface area is 203 Å². The SMILES string of the molecule is O=C(c1ccc(Oc2nc(Cc3ccccc3)ns2)c(CN2CCOCC2)c1)N1CCOCC1. The molecule has 1 aromatic heterocycles. The van der Waals surface area contributed by atoms with Gasteiger partial charge in [-0.05, 0) is 23.8 Å². The van der Waals surface area contributed by atoms with Crippen LogP contribution in [0.1, 0.15) is 27.3 Å². The number of ether oxygens (including phenoxy) is 3. The lowest BCUT2D eigenvalue weighted by Gasteiger charge is -2.28. The fourth-order valence-corrected chi connectivity index (χ4v) is 4.67. The molecule has 0 aliphatic carbocycles. The Hall–Kier alpha value is -2.85. The average molecular weight is 481 g/mol. The number of aromatic nitrogens is 2. The molecule has 1 amide bonds. The van der Waals surface area contributed by atoms with Crippen molar-refractivity contribution in [2.45, 2.75) is 13.0 Å². The third-order valence-corrected chi connectivity index (χ3v) is 6.59. The Balaban J connectivity index is 1.35. The van der Waals surface area contributed by atoms with E-state index in [-0.39, 0.29) is 5.91 Å². The van der Waals surface area contributed by atoms with Crippen molar-refractivity contribution in [3.63, 3.8) is 0 Å². The van der Waals surface area contributed by atoms with Gasteiger partial charge in [-0.1, -0.05) is 30.3 Å². The lowest BCUT2D eigenvalue weighted by Crippen LogP contribution is -2.40. The van der Waals surface area contributed by atoms with E-state index in [1.807, 2.05) is 41.3 Å². The van der Waals surface area contributed by atoms with E-state index in [1.54, 1.807) is 0 Å². The van der Waals surface area contributed by atoms with Gasteiger partial charge in [0.25, 0.3) is 11.1 Å². The minimum atomic E-state index is 0.0270. The number of morpholine rings is 2. The first kappa shape index (κ1) is 22.9. The van der Waals surface area contributed by atoms with Crippen molar-refractivity contribution in [1.29, 1.82) is 0 Å². The molecule has 3 aromatic rings. The van der Waals surface area contributed by atoms with Crippen LogP contribution in [-0.2, 0) is 22.4 Å². The van der Waals surface area contributed by atoms with Crippen LogP contribution in [0.15, 0.2) is 48.5 Å². The molecule has 2 aliphatic heterocycles. The maximum Gasteiger partial charge on any atom is 0.298 e. The first-order valence-electron chi connectivity index (χ1n) is 11.6. The number of hydrogen-bond donors (Lipinski definition) is 0. The normalized spacial score (nSPS) is 17.0. The molecular formula is C25H28N4O4S. The number of carbonyl (C=O) groups excluding carboxylic acids is 1. The average Bonchev–Trinajstić information content (AvgIpc) is 3.33. The van der Waals surface area contributed by atoms with Gasteiger partial charge in [0.05, 0.1) is 26.4 Å². The van der Waals surface area contributed by atoms with Crippen molar-refractivity contribution >= 4 is 17.4 Å². The molecule has 0 unspecified atom stereocenters. The fraction of sp³-hybridized carbons (Fsp3) is 0.400. The highest BCUT2D eigenvalue weighted by Gasteiger charge is 2.22. The lowest BCUT2D eigenvalue weighted by atomic mass is 10.1. The molecule has 0 spiro atoms. The first-order chi connectivity index (χ1) is 16.7. The van der Waals surface area contributed by atoms with Gasteiger partial charge in [0.2, 0.25) is 0 Å². The molecule has 2 aromatic carbocycles. The molecule has 2 fully saturated rings. The van der Waals surface area contributed by atoms with Crippen LogP contribution in [0.5, 0.6) is 10.9 Å². The highest BCUT2D eigenvalue weighted by atomic mass is 32.1. The van der Waals surface area contributed by atoms with Crippen molar-refractivity contribution in [2.75, 3.05) is 52.6 Å². The molecule has 0 saturated carbocycles. The predicted molar refractivity (Wildman–Crippen MR) is 128 cm³/mol. The van der Waals surface area contributed by atoms with Gasteiger partial charge < -0.3 is 19.1 Å². The van der Waals surface area contributed by atoms with E-state index < -0.39 is 0 Å². The van der Waals surface area contributed by atoms with E-state index in [4.69, 9.17) is 14.2 Å². The summed E-state index contributed by atoms with van der Waals surface area (Å²) in [6.07, 6.45) is 0.661. The molecule has 2 saturated heterocycles. The van der Waals surface area contributed by atoms with E-state index >= 15 is 0 Å². The molecule has 0 N–H and O–H groups in total. The van der Waals surface area contributed by atoms with Crippen molar-refractivity contribution < 1.29 is 19.0 Å². The van der Waals surface area contributed by atoms with Crippen molar-refractivity contribution in [3.8, 4) is 10.9 Å². The summed E-state index contributed by atoms with van der Waals surface area (Å²) in [5.41, 5.74) is 2.78. The number of benzene rings is 2. The Morgan fingerprint density at radius 1 is 0.971 bits per heavy atom. The van der Waals surface area contributed by atoms with Gasteiger partial charge in [-0.2, -0.15) is 9.36 Å². The van der Waals surface area contributed by atoms with Crippen LogP contribution in [0.3, 0.4) is 0 Å². The summed E-state index contributed by atoms with van der Waals surface area (Å²) in [5.74, 6) is 1.46. The van der Waals surface area contributed by atoms with Crippen molar-refractivity contribution in [2.24, 2.45) is 0 Å². The molecule has 5 rings (SSSR count). The lowest BCUT2D eigenvalue weighted by molar-refractivity contribution is 0.0301. The molecule has 0 radical (unpaired) electrons. The Bertz CT molecular complexity index is 1100. The predicted octanol–water partition coefficient (Wildman–Crippen LogP) is 3.23. The van der Waals surface area contributed by atoms with Gasteiger partial charge >= 0.3 is 0 Å². The van der Waals surface area contributed by atoms with Crippen LogP contribution in [0, 0.1) is 0 Å². The van der Waals surface area contributed by atoms with Gasteiger partial charge in [-0.25, -0.2) is 0 Å². The Kier molecular flexibility index (Phi) is 7.45. The molecule has 3 heterocycles. The maximum absolute atomic E-state index is 13.1. The van der Waals surface area contributed by atoms with Crippen LogP contribution in [0.4, 0.5) is 0 Å². The fourth-order valence-electron chi connectivity index (χ4n) is 4.11. The first-order valence-corrected chi connectivity index (χ1v) is 12.4. The quantitative estimate of drug-likeness (QED) is 0.514. The molecule has 9 heteroatoms. The minimum Gasteiger partial charge on any atom is -0.430 e. The summed E-state index contributed by atoms with van der Waals surface area (Å²) in [5, 5.41) is 0.501. The summed E-state index contributed by atoms with van der Waals surface area (Å²) >= 11 is 1.25. The minimum absolute atomic E-state index is 0.0270. The highest BCUT2D eigenvalue weighted by molar-refractivity contribution is 7.07. The number of hydrogen-bond acceptors (Lipinski definition) is 8. The Morgan fingerprint density at radius 3 is 2.47 bits per heavy atom. The second kappa shape index (κ2) is 11.1. The van der Waals surface area contributed by atoms with Gasteiger partial charge in [0.1, 0.15) is 5.75 Å². The molecular weight excluding hydrogens is 452 g/mol. The third-order valence-electron chi connectivity index (χ3n) is 5.96. The van der Waals surface area contributed by atoms with Crippen LogP contribution in [-0.4, -0.2) is 77.7 Å². The largest absolute Gasteiger partial charge is 0.430 e. The monoisotopic (exact) mass is 480 g/mol. The second-order valence-electron chi connectivity index (χ2n) is 8.36. The topological polar surface area (TPSA) is 77.0 Å². The third kappa shape index (κ3) is 5.79. The molecule has 8 nitrogen and oxygen atoms in total. The Morgan fingerprint density at radius 2 is 1.71 bits per heavy atom. The smallest absolute Gasteiger partial charge is 0.298 e. The van der Waals surface area contributed by atoms with Crippen LogP contribution >= 0.6 is 11.5 Å². The zero-order valence-electron chi connectivity index (χ0n) is 19.0. The molecule has 0 bridgehead atoms. The van der Waals surface area contributed by atoms with E-state index in [2.05, 4.69) is 26.4 Å². The van der Waals surface area contributed by atoms with Crippen molar-refractivity contribution in [3.05, 3.63) is 71.0 Å². The number of rotatable bonds is 7. The second-order valence-corrected chi connectivity index (χ2v) is 9.07. The van der Waals surface area contributed by atoms with E-state index in [1.165, 1.54) is 11.5 Å². The molecule has 0 atom stereocenters. The summed E-state index contributed by atoms with van der Waals surface area (Å²) in [6.45, 7) is 6.19. The van der Waals surface area contributed by atoms with E-state index in [0.29, 0.717) is 69.0 Å². The molecule has 2 aliphatic rings. The molecule has 178 valence electrons. The van der Waals surface area contributed by atoms with Gasteiger partial charge in [0.15, 0.2) is 5.82 Å². The van der Waals surface area contributed by atoms with Gasteiger partial charge in [-0.15, -0.1) is 0 Å². The van der Waals surface area contributed by atoms with Crippen molar-refractivity contribution in [1.82, 2.24) is 19.2 Å². The van der Waals surface area contributed by atoms with Crippen LogP contribution in [0.25, 0.3) is 0 Å². The number of carbonyl (C=O) groups is 1. The van der Waals surface area contributed by atoms with Crippen LogP contribution < -0.4 is 4.74 Å². The molecule has 34 heavy (non-hydrogen) atoms. The summed E-state index contributed by atoms with van der Waals surface area (Å²) < 4.78 is 21.5. The maximum atomic E-state index is 13.1. The zero-order chi connectivity index (χ0) is 23.2. The zero-order valence-corrected chi connectivity index (χ0v) is 19.8. The number of nitrogens with zero attached hydrogens (tertiary/aromatic N) is 4. The number of amides is 1.